The second kappa shape index (κ2) is 9.48. The van der Waals surface area contributed by atoms with E-state index in [4.69, 9.17) is 15.3 Å². The molecule has 30 heavy (non-hydrogen) atoms. The minimum absolute atomic E-state index is 0.201. The van der Waals surface area contributed by atoms with Crippen LogP contribution < -0.4 is 10.1 Å². The zero-order valence-electron chi connectivity index (χ0n) is 16.8. The van der Waals surface area contributed by atoms with Crippen LogP contribution in [0.2, 0.25) is 0 Å². The van der Waals surface area contributed by atoms with Gasteiger partial charge < -0.3 is 10.1 Å². The largest absolute Gasteiger partial charge is 0.490 e. The first-order valence-electron chi connectivity index (χ1n) is 9.53. The van der Waals surface area contributed by atoms with Crippen molar-refractivity contribution in [2.45, 2.75) is 39.5 Å². The van der Waals surface area contributed by atoms with Gasteiger partial charge in [0.1, 0.15) is 11.6 Å². The van der Waals surface area contributed by atoms with Crippen LogP contribution in [0.5, 0.6) is 5.75 Å². The standard InChI is InChI=1S/C21H21N7O2/c1-14-17(15(2)28-21(26-14)16(12-23)13-25-28)7-8-19(29)27-20-18(6-5-10-24-20)30-11-4-3-9-22/h5-6,10,13H,3-4,7-8,11H2,1-2H3,(H,24,27,29). The summed E-state index contributed by atoms with van der Waals surface area (Å²) in [6.45, 7) is 4.14. The van der Waals surface area contributed by atoms with Crippen molar-refractivity contribution in [3.63, 3.8) is 0 Å². The number of amides is 1. The number of hydrogen-bond acceptors (Lipinski definition) is 7. The molecule has 1 amide bonds. The van der Waals surface area contributed by atoms with Crippen LogP contribution in [0, 0.1) is 36.5 Å². The van der Waals surface area contributed by atoms with Gasteiger partial charge in [0, 0.05) is 30.4 Å². The van der Waals surface area contributed by atoms with Crippen molar-refractivity contribution in [1.29, 1.82) is 10.5 Å². The normalized spacial score (nSPS) is 10.4. The number of aryl methyl sites for hydroxylation is 2. The highest BCUT2D eigenvalue weighted by Gasteiger charge is 2.15. The van der Waals surface area contributed by atoms with Crippen LogP contribution >= 0.6 is 0 Å². The molecular formula is C21H21N7O2. The summed E-state index contributed by atoms with van der Waals surface area (Å²) in [6, 6.07) is 7.60. The van der Waals surface area contributed by atoms with Crippen molar-refractivity contribution in [1.82, 2.24) is 19.6 Å². The molecule has 3 heterocycles. The lowest BCUT2D eigenvalue weighted by atomic mass is 10.1. The third kappa shape index (κ3) is 4.53. The molecule has 0 spiro atoms. The molecule has 9 nitrogen and oxygen atoms in total. The van der Waals surface area contributed by atoms with Gasteiger partial charge in [0.15, 0.2) is 17.2 Å². The van der Waals surface area contributed by atoms with E-state index in [9.17, 15) is 4.79 Å². The Balaban J connectivity index is 1.67. The second-order valence-electron chi connectivity index (χ2n) is 6.68. The van der Waals surface area contributed by atoms with Gasteiger partial charge in [-0.25, -0.2) is 14.5 Å². The molecule has 0 saturated heterocycles. The van der Waals surface area contributed by atoms with Gasteiger partial charge in [0.2, 0.25) is 5.91 Å². The van der Waals surface area contributed by atoms with Crippen molar-refractivity contribution in [2.24, 2.45) is 0 Å². The number of anilines is 1. The lowest BCUT2D eigenvalue weighted by Gasteiger charge is -2.13. The highest BCUT2D eigenvalue weighted by molar-refractivity contribution is 5.91. The van der Waals surface area contributed by atoms with Crippen molar-refractivity contribution >= 4 is 17.4 Å². The first kappa shape index (κ1) is 20.7. The number of carbonyl (C=O) groups excluding carboxylic acids is 1. The zero-order chi connectivity index (χ0) is 21.5. The summed E-state index contributed by atoms with van der Waals surface area (Å²) in [5, 5.41) is 24.8. The summed E-state index contributed by atoms with van der Waals surface area (Å²) in [5.41, 5.74) is 3.48. The summed E-state index contributed by atoms with van der Waals surface area (Å²) < 4.78 is 7.26. The molecule has 0 aliphatic rings. The maximum Gasteiger partial charge on any atom is 0.225 e. The monoisotopic (exact) mass is 403 g/mol. The van der Waals surface area contributed by atoms with E-state index in [1.807, 2.05) is 13.8 Å². The highest BCUT2D eigenvalue weighted by Crippen LogP contribution is 2.22. The van der Waals surface area contributed by atoms with Crippen molar-refractivity contribution < 1.29 is 9.53 Å². The van der Waals surface area contributed by atoms with Gasteiger partial charge in [-0.2, -0.15) is 15.6 Å². The highest BCUT2D eigenvalue weighted by atomic mass is 16.5. The van der Waals surface area contributed by atoms with Gasteiger partial charge >= 0.3 is 0 Å². The number of unbranched alkanes of at least 4 members (excludes halogenated alkanes) is 1. The second-order valence-corrected chi connectivity index (χ2v) is 6.68. The number of nitrogens with zero attached hydrogens (tertiary/aromatic N) is 6. The number of pyridine rings is 1. The molecule has 0 fully saturated rings. The Bertz CT molecular complexity index is 1150. The number of nitriles is 2. The molecule has 0 aliphatic carbocycles. The summed E-state index contributed by atoms with van der Waals surface area (Å²) in [4.78, 5) is 21.2. The molecule has 3 aromatic rings. The average Bonchev–Trinajstić information content (AvgIpc) is 3.15. The van der Waals surface area contributed by atoms with Crippen LogP contribution in [0.1, 0.15) is 41.8 Å². The van der Waals surface area contributed by atoms with E-state index in [1.165, 1.54) is 6.20 Å². The molecule has 0 aromatic carbocycles. The Morgan fingerprint density at radius 1 is 1.33 bits per heavy atom. The number of nitrogens with one attached hydrogen (secondary N) is 1. The fourth-order valence-electron chi connectivity index (χ4n) is 3.12. The molecule has 0 radical (unpaired) electrons. The molecule has 0 aliphatic heterocycles. The maximum absolute atomic E-state index is 12.5. The first-order valence-corrected chi connectivity index (χ1v) is 9.53. The van der Waals surface area contributed by atoms with Crippen molar-refractivity contribution in [3.8, 4) is 17.9 Å². The van der Waals surface area contributed by atoms with Gasteiger partial charge in [-0.15, -0.1) is 0 Å². The van der Waals surface area contributed by atoms with E-state index in [1.54, 1.807) is 22.8 Å². The Hall–Kier alpha value is -3.98. The number of aromatic nitrogens is 4. The smallest absolute Gasteiger partial charge is 0.225 e. The molecule has 9 heteroatoms. The number of fused-ring (bicyclic) bond motifs is 1. The summed E-state index contributed by atoms with van der Waals surface area (Å²) in [5.74, 6) is 0.625. The first-order chi connectivity index (χ1) is 14.5. The fourth-order valence-corrected chi connectivity index (χ4v) is 3.12. The molecule has 1 N–H and O–H groups in total. The van der Waals surface area contributed by atoms with Crippen LogP contribution in [-0.4, -0.2) is 32.1 Å². The minimum atomic E-state index is -0.201. The Morgan fingerprint density at radius 2 is 2.17 bits per heavy atom. The number of hydrogen-bond donors (Lipinski definition) is 1. The minimum Gasteiger partial charge on any atom is -0.490 e. The topological polar surface area (TPSA) is 129 Å². The molecular weight excluding hydrogens is 382 g/mol. The number of carbonyl (C=O) groups is 1. The van der Waals surface area contributed by atoms with Gasteiger partial charge in [0.25, 0.3) is 0 Å². The average molecular weight is 403 g/mol. The van der Waals surface area contributed by atoms with Crippen LogP contribution in [0.15, 0.2) is 24.5 Å². The van der Waals surface area contributed by atoms with Crippen LogP contribution in [0.4, 0.5) is 5.82 Å². The number of rotatable bonds is 8. The third-order valence-corrected chi connectivity index (χ3v) is 4.65. The van der Waals surface area contributed by atoms with Gasteiger partial charge in [-0.05, 0) is 44.4 Å². The van der Waals surface area contributed by atoms with Gasteiger partial charge in [-0.1, -0.05) is 0 Å². The van der Waals surface area contributed by atoms with E-state index < -0.39 is 0 Å². The predicted molar refractivity (Wildman–Crippen MR) is 109 cm³/mol. The fraction of sp³-hybridized carbons (Fsp3) is 0.333. The van der Waals surface area contributed by atoms with E-state index in [0.717, 1.165) is 17.0 Å². The van der Waals surface area contributed by atoms with E-state index >= 15 is 0 Å². The maximum atomic E-state index is 12.5. The Kier molecular flexibility index (Phi) is 6.56. The lowest BCUT2D eigenvalue weighted by molar-refractivity contribution is -0.116. The summed E-state index contributed by atoms with van der Waals surface area (Å²) >= 11 is 0. The summed E-state index contributed by atoms with van der Waals surface area (Å²) in [6.07, 6.45) is 4.78. The molecule has 0 atom stereocenters. The van der Waals surface area contributed by atoms with Crippen LogP contribution in [0.25, 0.3) is 5.65 Å². The lowest BCUT2D eigenvalue weighted by Crippen LogP contribution is -2.16. The van der Waals surface area contributed by atoms with Crippen molar-refractivity contribution in [2.75, 3.05) is 11.9 Å². The molecule has 0 saturated carbocycles. The van der Waals surface area contributed by atoms with E-state index in [2.05, 4.69) is 32.5 Å². The van der Waals surface area contributed by atoms with E-state index in [-0.39, 0.29) is 12.3 Å². The molecule has 152 valence electrons. The number of ether oxygens (including phenoxy) is 1. The van der Waals surface area contributed by atoms with Gasteiger partial charge in [-0.3, -0.25) is 4.79 Å². The van der Waals surface area contributed by atoms with Crippen LogP contribution in [-0.2, 0) is 11.2 Å². The molecule has 3 aromatic heterocycles. The Labute approximate surface area is 173 Å². The van der Waals surface area contributed by atoms with Crippen molar-refractivity contribution in [3.05, 3.63) is 47.0 Å². The zero-order valence-corrected chi connectivity index (χ0v) is 16.8. The summed E-state index contributed by atoms with van der Waals surface area (Å²) in [7, 11) is 0. The van der Waals surface area contributed by atoms with E-state index in [0.29, 0.717) is 48.6 Å². The molecule has 0 bridgehead atoms. The quantitative estimate of drug-likeness (QED) is 0.572. The van der Waals surface area contributed by atoms with Crippen LogP contribution in [0.3, 0.4) is 0 Å². The SMILES string of the molecule is Cc1nc2c(C#N)cnn2c(C)c1CCC(=O)Nc1ncccc1OCCCC#N. The predicted octanol–water partition coefficient (Wildman–Crippen LogP) is 2.87. The Morgan fingerprint density at radius 3 is 2.93 bits per heavy atom. The van der Waals surface area contributed by atoms with Gasteiger partial charge in [0.05, 0.1) is 18.9 Å². The molecule has 3 rings (SSSR count). The molecule has 0 unspecified atom stereocenters. The third-order valence-electron chi connectivity index (χ3n) is 4.65.